The monoisotopic (exact) mass is 300 g/mol. The normalized spacial score (nSPS) is 15.1. The molecule has 1 aromatic carbocycles. The third-order valence-electron chi connectivity index (χ3n) is 2.69. The zero-order valence-electron chi connectivity index (χ0n) is 10.1. The molecule has 102 valence electrons. The van der Waals surface area contributed by atoms with E-state index in [1.54, 1.807) is 4.90 Å². The Hall–Kier alpha value is -1.40. The highest BCUT2D eigenvalue weighted by Gasteiger charge is 2.17. The fourth-order valence-electron chi connectivity index (χ4n) is 1.75. The van der Waals surface area contributed by atoms with Gasteiger partial charge in [0.25, 0.3) is 0 Å². The molecule has 19 heavy (non-hydrogen) atoms. The molecule has 0 atom stereocenters. The van der Waals surface area contributed by atoms with Crippen LogP contribution in [0, 0.1) is 0 Å². The van der Waals surface area contributed by atoms with Crippen molar-refractivity contribution in [1.29, 1.82) is 0 Å². The smallest absolute Gasteiger partial charge is 0.335 e. The Kier molecular flexibility index (Phi) is 4.55. The number of carbonyl (C=O) groups is 2. The molecule has 0 unspecified atom stereocenters. The first-order valence-electron chi connectivity index (χ1n) is 5.74. The molecule has 2 rings (SSSR count). The molecule has 0 saturated carbocycles. The largest absolute Gasteiger partial charge is 0.478 e. The van der Waals surface area contributed by atoms with Gasteiger partial charge in [0.05, 0.1) is 5.56 Å². The topological polar surface area (TPSA) is 69.6 Å². The Bertz CT molecular complexity index is 504. The van der Waals surface area contributed by atoms with Crippen LogP contribution in [0.1, 0.15) is 10.4 Å². The molecule has 1 aliphatic heterocycles. The standard InChI is InChI=1S/C12H13ClN2O3S/c13-9-5-8(11(16)17)6-10(7-9)14-12(18)15-1-3-19-4-2-15/h5-7H,1-4H2,(H,14,18)(H,16,17). The molecule has 5 nitrogen and oxygen atoms in total. The van der Waals surface area contributed by atoms with Gasteiger partial charge in [0.2, 0.25) is 0 Å². The number of aromatic carboxylic acids is 1. The molecule has 1 aromatic rings. The second-order valence-electron chi connectivity index (χ2n) is 4.06. The van der Waals surface area contributed by atoms with E-state index in [2.05, 4.69) is 5.32 Å². The van der Waals surface area contributed by atoms with Crippen molar-refractivity contribution in [1.82, 2.24) is 4.90 Å². The maximum absolute atomic E-state index is 12.0. The Balaban J connectivity index is 2.09. The van der Waals surface area contributed by atoms with E-state index in [9.17, 15) is 9.59 Å². The molecule has 0 spiro atoms. The van der Waals surface area contributed by atoms with Crippen LogP contribution in [0.2, 0.25) is 5.02 Å². The molecule has 0 radical (unpaired) electrons. The summed E-state index contributed by atoms with van der Waals surface area (Å²) in [6, 6.07) is 4.05. The van der Waals surface area contributed by atoms with E-state index in [1.165, 1.54) is 18.2 Å². The molecule has 1 heterocycles. The lowest BCUT2D eigenvalue weighted by molar-refractivity contribution is 0.0697. The number of benzene rings is 1. The maximum atomic E-state index is 12.0. The van der Waals surface area contributed by atoms with E-state index in [-0.39, 0.29) is 16.6 Å². The van der Waals surface area contributed by atoms with Gasteiger partial charge in [0.1, 0.15) is 0 Å². The first kappa shape index (κ1) is 14.0. The molecular formula is C12H13ClN2O3S. The predicted molar refractivity (Wildman–Crippen MR) is 76.3 cm³/mol. The summed E-state index contributed by atoms with van der Waals surface area (Å²) in [6.45, 7) is 1.39. The number of hydrogen-bond donors (Lipinski definition) is 2. The summed E-state index contributed by atoms with van der Waals surface area (Å²) in [7, 11) is 0. The number of anilines is 1. The number of carboxylic acid groups (broad SMARTS) is 1. The van der Waals surface area contributed by atoms with Crippen LogP contribution < -0.4 is 5.32 Å². The third-order valence-corrected chi connectivity index (χ3v) is 3.86. The van der Waals surface area contributed by atoms with Crippen molar-refractivity contribution >= 4 is 41.1 Å². The van der Waals surface area contributed by atoms with Gasteiger partial charge in [0, 0.05) is 35.3 Å². The van der Waals surface area contributed by atoms with E-state index in [4.69, 9.17) is 16.7 Å². The number of nitrogens with one attached hydrogen (secondary N) is 1. The molecular weight excluding hydrogens is 288 g/mol. The van der Waals surface area contributed by atoms with Gasteiger partial charge in [-0.2, -0.15) is 11.8 Å². The Morgan fingerprint density at radius 1 is 1.26 bits per heavy atom. The fourth-order valence-corrected chi connectivity index (χ4v) is 2.89. The van der Waals surface area contributed by atoms with E-state index >= 15 is 0 Å². The van der Waals surface area contributed by atoms with Gasteiger partial charge >= 0.3 is 12.0 Å². The lowest BCUT2D eigenvalue weighted by Crippen LogP contribution is -2.40. The first-order valence-corrected chi connectivity index (χ1v) is 7.27. The van der Waals surface area contributed by atoms with Crippen molar-refractivity contribution in [3.8, 4) is 0 Å². The number of rotatable bonds is 2. The van der Waals surface area contributed by atoms with Crippen LogP contribution in [0.4, 0.5) is 10.5 Å². The SMILES string of the molecule is O=C(O)c1cc(Cl)cc(NC(=O)N2CCSCC2)c1. The minimum Gasteiger partial charge on any atom is -0.478 e. The fraction of sp³-hybridized carbons (Fsp3) is 0.333. The molecule has 1 fully saturated rings. The number of thioether (sulfide) groups is 1. The summed E-state index contributed by atoms with van der Waals surface area (Å²) in [6.07, 6.45) is 0. The highest BCUT2D eigenvalue weighted by Crippen LogP contribution is 2.20. The average Bonchev–Trinajstić information content (AvgIpc) is 2.39. The maximum Gasteiger partial charge on any atom is 0.335 e. The molecule has 2 N–H and O–H groups in total. The summed E-state index contributed by atoms with van der Waals surface area (Å²) in [4.78, 5) is 24.6. The summed E-state index contributed by atoms with van der Waals surface area (Å²) < 4.78 is 0. The van der Waals surface area contributed by atoms with Crippen molar-refractivity contribution in [3.63, 3.8) is 0 Å². The minimum atomic E-state index is -1.08. The molecule has 0 aromatic heterocycles. The van der Waals surface area contributed by atoms with Crippen LogP contribution in [0.3, 0.4) is 0 Å². The van der Waals surface area contributed by atoms with Crippen molar-refractivity contribution < 1.29 is 14.7 Å². The van der Waals surface area contributed by atoms with Crippen LogP contribution in [-0.2, 0) is 0 Å². The Labute approximate surface area is 119 Å². The number of carbonyl (C=O) groups excluding carboxylic acids is 1. The summed E-state index contributed by atoms with van der Waals surface area (Å²) >= 11 is 7.64. The second-order valence-corrected chi connectivity index (χ2v) is 5.72. The van der Waals surface area contributed by atoms with Gasteiger partial charge in [-0.15, -0.1) is 0 Å². The Morgan fingerprint density at radius 2 is 1.95 bits per heavy atom. The van der Waals surface area contributed by atoms with E-state index in [0.29, 0.717) is 18.8 Å². The summed E-state index contributed by atoms with van der Waals surface area (Å²) in [5, 5.41) is 11.9. The van der Waals surface area contributed by atoms with Crippen LogP contribution in [0.5, 0.6) is 0 Å². The zero-order chi connectivity index (χ0) is 13.8. The second kappa shape index (κ2) is 6.16. The summed E-state index contributed by atoms with van der Waals surface area (Å²) in [5.74, 6) is 0.763. The number of carboxylic acids is 1. The van der Waals surface area contributed by atoms with E-state index in [1.807, 2.05) is 11.8 Å². The van der Waals surface area contributed by atoms with Gasteiger partial charge in [-0.25, -0.2) is 9.59 Å². The molecule has 0 aliphatic carbocycles. The number of nitrogens with zero attached hydrogens (tertiary/aromatic N) is 1. The third kappa shape index (κ3) is 3.78. The highest BCUT2D eigenvalue weighted by molar-refractivity contribution is 7.99. The quantitative estimate of drug-likeness (QED) is 0.881. The number of hydrogen-bond acceptors (Lipinski definition) is 3. The van der Waals surface area contributed by atoms with Crippen molar-refractivity contribution in [2.75, 3.05) is 29.9 Å². The van der Waals surface area contributed by atoms with Crippen LogP contribution in [0.15, 0.2) is 18.2 Å². The number of halogens is 1. The lowest BCUT2D eigenvalue weighted by atomic mass is 10.2. The Morgan fingerprint density at radius 3 is 2.58 bits per heavy atom. The number of amides is 2. The minimum absolute atomic E-state index is 0.0528. The molecule has 1 saturated heterocycles. The van der Waals surface area contributed by atoms with Gasteiger partial charge < -0.3 is 15.3 Å². The van der Waals surface area contributed by atoms with Gasteiger partial charge in [0.15, 0.2) is 0 Å². The average molecular weight is 301 g/mol. The van der Waals surface area contributed by atoms with Crippen molar-refractivity contribution in [2.45, 2.75) is 0 Å². The molecule has 2 amide bonds. The van der Waals surface area contributed by atoms with E-state index in [0.717, 1.165) is 11.5 Å². The summed E-state index contributed by atoms with van der Waals surface area (Å²) in [5.41, 5.74) is 0.449. The first-order chi connectivity index (χ1) is 9.06. The van der Waals surface area contributed by atoms with Gasteiger partial charge in [-0.1, -0.05) is 11.6 Å². The zero-order valence-corrected chi connectivity index (χ0v) is 11.6. The van der Waals surface area contributed by atoms with Crippen molar-refractivity contribution in [3.05, 3.63) is 28.8 Å². The number of urea groups is 1. The van der Waals surface area contributed by atoms with Crippen LogP contribution in [-0.4, -0.2) is 46.6 Å². The van der Waals surface area contributed by atoms with Crippen LogP contribution in [0.25, 0.3) is 0 Å². The van der Waals surface area contributed by atoms with Gasteiger partial charge in [-0.05, 0) is 18.2 Å². The van der Waals surface area contributed by atoms with E-state index < -0.39 is 5.97 Å². The molecule has 7 heteroatoms. The molecule has 0 bridgehead atoms. The van der Waals surface area contributed by atoms with Gasteiger partial charge in [-0.3, -0.25) is 0 Å². The lowest BCUT2D eigenvalue weighted by Gasteiger charge is -2.26. The van der Waals surface area contributed by atoms with Crippen LogP contribution >= 0.6 is 23.4 Å². The highest BCUT2D eigenvalue weighted by atomic mass is 35.5. The molecule has 1 aliphatic rings. The van der Waals surface area contributed by atoms with Crippen molar-refractivity contribution in [2.24, 2.45) is 0 Å². The predicted octanol–water partition coefficient (Wildman–Crippen LogP) is 2.62.